The van der Waals surface area contributed by atoms with E-state index >= 15 is 0 Å². The number of morpholine rings is 1. The zero-order valence-electron chi connectivity index (χ0n) is 24.7. The number of hydrogen-bond donors (Lipinski definition) is 0. The minimum absolute atomic E-state index is 0.162. The quantitative estimate of drug-likeness (QED) is 0.229. The predicted octanol–water partition coefficient (Wildman–Crippen LogP) is 5.58. The molecular formula is C33H30ClF3N6O3. The molecule has 1 fully saturated rings. The van der Waals surface area contributed by atoms with Crippen LogP contribution in [0.1, 0.15) is 34.1 Å². The van der Waals surface area contributed by atoms with Crippen LogP contribution in [0.5, 0.6) is 5.75 Å². The van der Waals surface area contributed by atoms with E-state index in [9.17, 15) is 18.0 Å². The molecule has 1 atom stereocenters. The van der Waals surface area contributed by atoms with E-state index in [0.29, 0.717) is 53.9 Å². The van der Waals surface area contributed by atoms with E-state index in [1.165, 1.54) is 6.20 Å². The molecule has 1 amide bonds. The Kier molecular flexibility index (Phi) is 8.18. The highest BCUT2D eigenvalue weighted by Crippen LogP contribution is 2.38. The number of amides is 1. The van der Waals surface area contributed by atoms with Crippen molar-refractivity contribution in [2.24, 2.45) is 0 Å². The number of carbonyl (C=O) groups excluding carboxylic acids is 1. The number of alkyl halides is 3. The third kappa shape index (κ3) is 6.07. The topological polar surface area (TPSA) is 77.1 Å². The minimum atomic E-state index is -4.51. The lowest BCUT2D eigenvalue weighted by Crippen LogP contribution is -2.43. The predicted molar refractivity (Wildman–Crippen MR) is 164 cm³/mol. The summed E-state index contributed by atoms with van der Waals surface area (Å²) >= 11 is 6.57. The smallest absolute Gasteiger partial charge is 0.416 e. The van der Waals surface area contributed by atoms with Crippen molar-refractivity contribution in [3.63, 3.8) is 0 Å². The Morgan fingerprint density at radius 2 is 1.85 bits per heavy atom. The Balaban J connectivity index is 1.17. The molecule has 13 heteroatoms. The second kappa shape index (κ2) is 12.4. The van der Waals surface area contributed by atoms with Crippen LogP contribution in [0, 0.1) is 0 Å². The zero-order valence-corrected chi connectivity index (χ0v) is 25.4. The van der Waals surface area contributed by atoms with Gasteiger partial charge in [0.05, 0.1) is 47.1 Å². The lowest BCUT2D eigenvalue weighted by atomic mass is 9.97. The molecule has 238 valence electrons. The van der Waals surface area contributed by atoms with Gasteiger partial charge in [0.2, 0.25) is 0 Å². The van der Waals surface area contributed by atoms with E-state index in [2.05, 4.69) is 15.0 Å². The number of aromatic nitrogens is 4. The summed E-state index contributed by atoms with van der Waals surface area (Å²) in [6.07, 6.45) is 0.711. The van der Waals surface area contributed by atoms with Gasteiger partial charge in [-0.1, -0.05) is 35.9 Å². The van der Waals surface area contributed by atoms with Gasteiger partial charge in [0.25, 0.3) is 5.91 Å². The number of pyridine rings is 1. The van der Waals surface area contributed by atoms with Crippen LogP contribution in [0.15, 0.2) is 79.3 Å². The molecule has 2 aliphatic heterocycles. The minimum Gasteiger partial charge on any atom is -0.482 e. The van der Waals surface area contributed by atoms with Gasteiger partial charge in [-0.2, -0.15) is 18.3 Å². The van der Waals surface area contributed by atoms with Crippen LogP contribution in [0.25, 0.3) is 11.3 Å². The second-order valence-corrected chi connectivity index (χ2v) is 11.7. The van der Waals surface area contributed by atoms with Gasteiger partial charge in [-0.3, -0.25) is 9.69 Å². The number of hydrogen-bond acceptors (Lipinski definition) is 6. The molecule has 0 saturated carbocycles. The monoisotopic (exact) mass is 650 g/mol. The van der Waals surface area contributed by atoms with Crippen LogP contribution in [-0.2, 0) is 28.7 Å². The molecule has 1 unspecified atom stereocenters. The van der Waals surface area contributed by atoms with E-state index in [1.54, 1.807) is 26.2 Å². The first-order valence-electron chi connectivity index (χ1n) is 14.9. The van der Waals surface area contributed by atoms with Crippen molar-refractivity contribution in [3.8, 4) is 11.4 Å². The molecule has 0 bridgehead atoms. The lowest BCUT2D eigenvalue weighted by Gasteiger charge is -2.35. The lowest BCUT2D eigenvalue weighted by molar-refractivity contribution is -0.137. The van der Waals surface area contributed by atoms with Crippen molar-refractivity contribution in [2.45, 2.75) is 25.2 Å². The highest BCUT2D eigenvalue weighted by atomic mass is 35.5. The standard InChI is InChI=1S/C33H30ClF3N6O3/c34-26-16-22(19-40-12-14-45-15-13-40)6-7-28(26)46-21-30(44)42-11-9-27-32(41-10-8-24(33(35,36)37)17-29(41)39-27)31(42)23-18-38-43(20-23)25-4-2-1-3-5-25/h1-8,10,16-18,20,31H,9,11-15,19,21H2. The fraction of sp³-hybridized carbons (Fsp3) is 0.303. The Bertz CT molecular complexity index is 1870. The maximum atomic E-state index is 13.9. The van der Waals surface area contributed by atoms with Crippen molar-refractivity contribution in [1.29, 1.82) is 0 Å². The van der Waals surface area contributed by atoms with Gasteiger partial charge in [-0.05, 0) is 42.0 Å². The Morgan fingerprint density at radius 3 is 2.61 bits per heavy atom. The van der Waals surface area contributed by atoms with Crippen molar-refractivity contribution in [1.82, 2.24) is 29.0 Å². The third-order valence-corrected chi connectivity index (χ3v) is 8.64. The fourth-order valence-electron chi connectivity index (χ4n) is 6.07. The number of imidazole rings is 1. The van der Waals surface area contributed by atoms with Crippen molar-refractivity contribution in [2.75, 3.05) is 39.5 Å². The maximum absolute atomic E-state index is 13.9. The Hall–Kier alpha value is -4.39. The van der Waals surface area contributed by atoms with E-state index in [4.69, 9.17) is 21.1 Å². The molecule has 2 aromatic carbocycles. The number of nitrogens with zero attached hydrogens (tertiary/aromatic N) is 6. The van der Waals surface area contributed by atoms with Gasteiger partial charge >= 0.3 is 6.18 Å². The molecule has 0 aliphatic carbocycles. The molecule has 7 rings (SSSR count). The van der Waals surface area contributed by atoms with Crippen LogP contribution >= 0.6 is 11.6 Å². The molecule has 9 nitrogen and oxygen atoms in total. The molecule has 5 heterocycles. The maximum Gasteiger partial charge on any atom is 0.416 e. The van der Waals surface area contributed by atoms with Crippen molar-refractivity contribution < 1.29 is 27.4 Å². The summed E-state index contributed by atoms with van der Waals surface area (Å²) in [6.45, 7) is 3.85. The zero-order chi connectivity index (χ0) is 31.8. The van der Waals surface area contributed by atoms with Crippen molar-refractivity contribution >= 4 is 23.2 Å². The molecule has 0 N–H and O–H groups in total. The number of rotatable bonds is 7. The van der Waals surface area contributed by atoms with Crippen LogP contribution in [0.4, 0.5) is 13.2 Å². The van der Waals surface area contributed by atoms with Gasteiger partial charge in [0, 0.05) is 50.6 Å². The van der Waals surface area contributed by atoms with E-state index in [-0.39, 0.29) is 18.2 Å². The first-order valence-corrected chi connectivity index (χ1v) is 15.3. The van der Waals surface area contributed by atoms with Crippen LogP contribution in [-0.4, -0.2) is 74.3 Å². The van der Waals surface area contributed by atoms with Gasteiger partial charge in [0.1, 0.15) is 17.4 Å². The Morgan fingerprint density at radius 1 is 1.04 bits per heavy atom. The van der Waals surface area contributed by atoms with E-state index in [1.807, 2.05) is 48.7 Å². The largest absolute Gasteiger partial charge is 0.482 e. The van der Waals surface area contributed by atoms with Crippen LogP contribution in [0.3, 0.4) is 0 Å². The van der Waals surface area contributed by atoms with Gasteiger partial charge in [-0.25, -0.2) is 9.67 Å². The summed E-state index contributed by atoms with van der Waals surface area (Å²) in [7, 11) is 0. The molecule has 0 radical (unpaired) electrons. The summed E-state index contributed by atoms with van der Waals surface area (Å²) in [5.74, 6) is 0.0832. The Labute approximate surface area is 267 Å². The van der Waals surface area contributed by atoms with Crippen LogP contribution in [0.2, 0.25) is 5.02 Å². The fourth-order valence-corrected chi connectivity index (χ4v) is 6.33. The molecule has 0 spiro atoms. The summed E-state index contributed by atoms with van der Waals surface area (Å²) in [4.78, 5) is 22.4. The molecule has 5 aromatic rings. The van der Waals surface area contributed by atoms with Crippen LogP contribution < -0.4 is 4.74 Å². The van der Waals surface area contributed by atoms with E-state index in [0.717, 1.165) is 43.0 Å². The number of ether oxygens (including phenoxy) is 2. The normalized spacial score (nSPS) is 17.3. The highest BCUT2D eigenvalue weighted by molar-refractivity contribution is 6.32. The van der Waals surface area contributed by atoms with Gasteiger partial charge in [0.15, 0.2) is 6.61 Å². The molecule has 46 heavy (non-hydrogen) atoms. The highest BCUT2D eigenvalue weighted by Gasteiger charge is 2.38. The molecular weight excluding hydrogens is 621 g/mol. The van der Waals surface area contributed by atoms with Gasteiger partial charge in [-0.15, -0.1) is 0 Å². The second-order valence-electron chi connectivity index (χ2n) is 11.3. The average Bonchev–Trinajstić information content (AvgIpc) is 3.69. The summed E-state index contributed by atoms with van der Waals surface area (Å²) in [5.41, 5.74) is 3.16. The summed E-state index contributed by atoms with van der Waals surface area (Å²) < 4.78 is 55.3. The van der Waals surface area contributed by atoms with E-state index < -0.39 is 17.8 Å². The number of fused-ring (bicyclic) bond motifs is 3. The first kappa shape index (κ1) is 30.3. The van der Waals surface area contributed by atoms with Gasteiger partial charge < -0.3 is 18.8 Å². The number of carbonyl (C=O) groups is 1. The number of benzene rings is 2. The molecule has 1 saturated heterocycles. The molecule has 2 aliphatic rings. The van der Waals surface area contributed by atoms with Crippen molar-refractivity contribution in [3.05, 3.63) is 112 Å². The molecule has 3 aromatic heterocycles. The SMILES string of the molecule is O=C(COc1ccc(CN2CCOCC2)cc1Cl)N1CCc2nc3cc(C(F)(F)F)ccn3c2C1c1cnn(-c2ccccc2)c1. The first-order chi connectivity index (χ1) is 22.2. The summed E-state index contributed by atoms with van der Waals surface area (Å²) in [6, 6.07) is 16.4. The third-order valence-electron chi connectivity index (χ3n) is 8.34. The summed E-state index contributed by atoms with van der Waals surface area (Å²) in [5, 5.41) is 4.94. The number of para-hydroxylation sites is 1. The average molecular weight is 651 g/mol. The number of halogens is 4.